The molecule has 0 spiro atoms. The molecule has 6 nitrogen and oxygen atoms in total. The molecule has 0 saturated heterocycles. The predicted molar refractivity (Wildman–Crippen MR) is 60.9 cm³/mol. The van der Waals surface area contributed by atoms with E-state index in [2.05, 4.69) is 19.9 Å². The van der Waals surface area contributed by atoms with E-state index in [0.717, 1.165) is 12.3 Å². The Morgan fingerprint density at radius 1 is 1.58 bits per heavy atom. The number of aryl methyl sites for hydroxylation is 1. The number of aromatic nitrogens is 3. The van der Waals surface area contributed by atoms with Gasteiger partial charge in [-0.1, -0.05) is 21.9 Å². The molecule has 2 aromatic rings. The van der Waals surface area contributed by atoms with Crippen LogP contribution in [0.1, 0.15) is 27.7 Å². The van der Waals surface area contributed by atoms with E-state index in [1.807, 2.05) is 0 Å². The molecule has 19 heavy (non-hydrogen) atoms. The number of hydrogen-bond acceptors (Lipinski definition) is 6. The summed E-state index contributed by atoms with van der Waals surface area (Å²) in [6, 6.07) is 2.72. The van der Waals surface area contributed by atoms with Crippen molar-refractivity contribution in [2.45, 2.75) is 12.8 Å². The molecule has 1 unspecified atom stereocenters. The van der Waals surface area contributed by atoms with Crippen LogP contribution in [0.4, 0.5) is 4.39 Å². The number of ketones is 1. The molecule has 8 heteroatoms. The van der Waals surface area contributed by atoms with E-state index in [1.54, 1.807) is 6.07 Å². The van der Waals surface area contributed by atoms with Crippen LogP contribution in [0.15, 0.2) is 16.9 Å². The Labute approximate surface area is 111 Å². The molecule has 0 aliphatic carbocycles. The van der Waals surface area contributed by atoms with Crippen LogP contribution in [-0.2, 0) is 0 Å². The molecule has 1 atom stereocenters. The summed E-state index contributed by atoms with van der Waals surface area (Å²) in [7, 11) is 0. The molecular weight excluding hydrogens is 275 g/mol. The van der Waals surface area contributed by atoms with Crippen LogP contribution in [0, 0.1) is 24.1 Å². The van der Waals surface area contributed by atoms with E-state index < -0.39 is 23.1 Å². The predicted octanol–water partition coefficient (Wildman–Crippen LogP) is 2.06. The standard InChI is InChI=1S/C11H6ClFN4O2/c1-5-9(17-19-16-5)6(4-14)10(18)8-7(13)2-3-15-11(8)12/h2-3,6H,1H3. The summed E-state index contributed by atoms with van der Waals surface area (Å²) < 4.78 is 18.1. The van der Waals surface area contributed by atoms with Crippen LogP contribution in [0.5, 0.6) is 0 Å². The van der Waals surface area contributed by atoms with Gasteiger partial charge in [-0.2, -0.15) is 5.26 Å². The minimum absolute atomic E-state index is 0.0341. The first kappa shape index (κ1) is 13.1. The van der Waals surface area contributed by atoms with Gasteiger partial charge in [-0.15, -0.1) is 0 Å². The summed E-state index contributed by atoms with van der Waals surface area (Å²) in [5, 5.41) is 15.7. The minimum Gasteiger partial charge on any atom is -0.292 e. The minimum atomic E-state index is -1.34. The molecule has 0 amide bonds. The van der Waals surface area contributed by atoms with Crippen LogP contribution in [0.25, 0.3) is 0 Å². The number of rotatable bonds is 3. The summed E-state index contributed by atoms with van der Waals surface area (Å²) in [5.74, 6) is -3.03. The van der Waals surface area contributed by atoms with Gasteiger partial charge >= 0.3 is 0 Å². The molecule has 0 N–H and O–H groups in total. The third kappa shape index (κ3) is 2.30. The molecule has 0 radical (unpaired) electrons. The smallest absolute Gasteiger partial charge is 0.192 e. The van der Waals surface area contributed by atoms with Crippen molar-refractivity contribution in [2.24, 2.45) is 0 Å². The molecule has 0 bridgehead atoms. The maximum atomic E-state index is 13.6. The van der Waals surface area contributed by atoms with Gasteiger partial charge in [0.15, 0.2) is 11.7 Å². The molecule has 2 aromatic heterocycles. The zero-order valence-electron chi connectivity index (χ0n) is 9.59. The Bertz CT molecular complexity index is 659. The van der Waals surface area contributed by atoms with Crippen molar-refractivity contribution in [3.8, 4) is 6.07 Å². The SMILES string of the molecule is Cc1nonc1C(C#N)C(=O)c1c(F)ccnc1Cl. The van der Waals surface area contributed by atoms with E-state index in [-0.39, 0.29) is 16.5 Å². The third-order valence-corrected chi connectivity index (χ3v) is 2.74. The molecule has 0 aromatic carbocycles. The molecule has 0 saturated carbocycles. The second-order valence-electron chi connectivity index (χ2n) is 3.62. The normalized spacial score (nSPS) is 11.9. The van der Waals surface area contributed by atoms with Crippen LogP contribution in [0.3, 0.4) is 0 Å². The third-order valence-electron chi connectivity index (χ3n) is 2.45. The molecule has 2 rings (SSSR count). The lowest BCUT2D eigenvalue weighted by Gasteiger charge is -2.07. The van der Waals surface area contributed by atoms with E-state index in [4.69, 9.17) is 16.9 Å². The monoisotopic (exact) mass is 280 g/mol. The Morgan fingerprint density at radius 2 is 2.32 bits per heavy atom. The number of Topliss-reactive ketones (excluding diaryl/α,β-unsaturated/α-hetero) is 1. The van der Waals surface area contributed by atoms with Crippen molar-refractivity contribution in [1.29, 1.82) is 5.26 Å². The lowest BCUT2D eigenvalue weighted by atomic mass is 9.95. The Hall–Kier alpha value is -2.33. The van der Waals surface area contributed by atoms with Gasteiger partial charge in [0.25, 0.3) is 0 Å². The van der Waals surface area contributed by atoms with Gasteiger partial charge in [-0.05, 0) is 13.0 Å². The second kappa shape index (κ2) is 5.12. The highest BCUT2D eigenvalue weighted by atomic mass is 35.5. The fourth-order valence-electron chi connectivity index (χ4n) is 1.52. The zero-order valence-corrected chi connectivity index (χ0v) is 10.3. The number of nitriles is 1. The zero-order chi connectivity index (χ0) is 14.0. The van der Waals surface area contributed by atoms with Gasteiger partial charge in [0.05, 0.1) is 11.6 Å². The van der Waals surface area contributed by atoms with Crippen molar-refractivity contribution in [1.82, 2.24) is 15.3 Å². The number of nitrogens with zero attached hydrogens (tertiary/aromatic N) is 4. The molecule has 2 heterocycles. The van der Waals surface area contributed by atoms with Crippen molar-refractivity contribution in [3.63, 3.8) is 0 Å². The lowest BCUT2D eigenvalue weighted by molar-refractivity contribution is 0.0971. The number of carbonyl (C=O) groups is 1. The largest absolute Gasteiger partial charge is 0.292 e. The summed E-state index contributed by atoms with van der Waals surface area (Å²) in [4.78, 5) is 15.8. The van der Waals surface area contributed by atoms with Crippen molar-refractivity contribution in [2.75, 3.05) is 0 Å². The fraction of sp³-hybridized carbons (Fsp3) is 0.182. The quantitative estimate of drug-likeness (QED) is 0.631. The average molecular weight is 281 g/mol. The van der Waals surface area contributed by atoms with Crippen molar-refractivity contribution in [3.05, 3.63) is 40.2 Å². The summed E-state index contributed by atoms with van der Waals surface area (Å²) in [6.45, 7) is 1.52. The summed E-state index contributed by atoms with van der Waals surface area (Å²) >= 11 is 5.69. The molecule has 0 aliphatic heterocycles. The van der Waals surface area contributed by atoms with Crippen LogP contribution >= 0.6 is 11.6 Å². The van der Waals surface area contributed by atoms with Crippen LogP contribution in [-0.4, -0.2) is 21.1 Å². The Kier molecular flexibility index (Phi) is 3.53. The maximum Gasteiger partial charge on any atom is 0.192 e. The maximum absolute atomic E-state index is 13.6. The second-order valence-corrected chi connectivity index (χ2v) is 3.98. The van der Waals surface area contributed by atoms with E-state index >= 15 is 0 Å². The summed E-state index contributed by atoms with van der Waals surface area (Å²) in [5.41, 5.74) is -0.134. The van der Waals surface area contributed by atoms with Gasteiger partial charge in [-0.3, -0.25) is 4.79 Å². The fourth-order valence-corrected chi connectivity index (χ4v) is 1.76. The van der Waals surface area contributed by atoms with E-state index in [9.17, 15) is 9.18 Å². The molecule has 0 aliphatic rings. The van der Waals surface area contributed by atoms with Crippen molar-refractivity contribution >= 4 is 17.4 Å². The van der Waals surface area contributed by atoms with E-state index in [1.165, 1.54) is 6.92 Å². The Morgan fingerprint density at radius 3 is 2.84 bits per heavy atom. The van der Waals surface area contributed by atoms with Crippen molar-refractivity contribution < 1.29 is 13.8 Å². The topological polar surface area (TPSA) is 92.7 Å². The first-order valence-electron chi connectivity index (χ1n) is 5.09. The van der Waals surface area contributed by atoms with Gasteiger partial charge in [0.1, 0.15) is 22.4 Å². The van der Waals surface area contributed by atoms with Gasteiger partial charge in [0.2, 0.25) is 0 Å². The van der Waals surface area contributed by atoms with Crippen LogP contribution < -0.4 is 0 Å². The van der Waals surface area contributed by atoms with Gasteiger partial charge < -0.3 is 0 Å². The van der Waals surface area contributed by atoms with Crippen LogP contribution in [0.2, 0.25) is 5.15 Å². The first-order chi connectivity index (χ1) is 9.06. The number of carbonyl (C=O) groups excluding carboxylic acids is 1. The first-order valence-corrected chi connectivity index (χ1v) is 5.47. The number of pyridine rings is 1. The average Bonchev–Trinajstić information content (AvgIpc) is 2.77. The lowest BCUT2D eigenvalue weighted by Crippen LogP contribution is -2.15. The number of hydrogen-bond donors (Lipinski definition) is 0. The highest BCUT2D eigenvalue weighted by molar-refractivity contribution is 6.33. The molecule has 96 valence electrons. The molecular formula is C11H6ClFN4O2. The Balaban J connectivity index is 2.49. The van der Waals surface area contributed by atoms with Gasteiger partial charge in [-0.25, -0.2) is 14.0 Å². The highest BCUT2D eigenvalue weighted by Gasteiger charge is 2.31. The molecule has 0 fully saturated rings. The summed E-state index contributed by atoms with van der Waals surface area (Å²) in [6.07, 6.45) is 1.12. The van der Waals surface area contributed by atoms with Gasteiger partial charge in [0, 0.05) is 6.20 Å². The highest BCUT2D eigenvalue weighted by Crippen LogP contribution is 2.25. The van der Waals surface area contributed by atoms with E-state index in [0.29, 0.717) is 0 Å². The number of halogens is 2.